The summed E-state index contributed by atoms with van der Waals surface area (Å²) >= 11 is 0. The molecule has 4 heteroatoms. The van der Waals surface area contributed by atoms with Gasteiger partial charge in [-0.1, -0.05) is 19.1 Å². The van der Waals surface area contributed by atoms with E-state index in [0.29, 0.717) is 10.9 Å². The summed E-state index contributed by atoms with van der Waals surface area (Å²) in [7, 11) is -1.21. The fourth-order valence-corrected chi connectivity index (χ4v) is 4.05. The predicted octanol–water partition coefficient (Wildman–Crippen LogP) is 2.85. The molecule has 1 saturated carbocycles. The molecule has 3 unspecified atom stereocenters. The minimum absolute atomic E-state index is 0.0938. The van der Waals surface area contributed by atoms with E-state index in [9.17, 15) is 8.60 Å². The molecule has 0 aliphatic heterocycles. The quantitative estimate of drug-likeness (QED) is 0.890. The van der Waals surface area contributed by atoms with Crippen molar-refractivity contribution in [2.24, 2.45) is 0 Å². The average Bonchev–Trinajstić information content (AvgIpc) is 2.85. The largest absolute Gasteiger partial charge is 0.314 e. The molecule has 1 aromatic carbocycles. The Morgan fingerprint density at radius 1 is 1.39 bits per heavy atom. The summed E-state index contributed by atoms with van der Waals surface area (Å²) in [5.41, 5.74) is 0. The SMILES string of the molecule is CCCNC1CCC(S(=O)c2ccccc2F)C1. The number of hydrogen-bond acceptors (Lipinski definition) is 2. The monoisotopic (exact) mass is 269 g/mol. The van der Waals surface area contributed by atoms with E-state index in [2.05, 4.69) is 12.2 Å². The maximum absolute atomic E-state index is 13.6. The molecule has 0 spiro atoms. The van der Waals surface area contributed by atoms with Crippen molar-refractivity contribution in [2.45, 2.75) is 48.8 Å². The summed E-state index contributed by atoms with van der Waals surface area (Å²) in [6, 6.07) is 6.85. The van der Waals surface area contributed by atoms with Crippen LogP contribution in [0.1, 0.15) is 32.6 Å². The van der Waals surface area contributed by atoms with Crippen LogP contribution in [0.25, 0.3) is 0 Å². The van der Waals surface area contributed by atoms with Gasteiger partial charge in [0.05, 0.1) is 15.7 Å². The standard InChI is InChI=1S/C14H20FNOS/c1-2-9-16-11-7-8-12(10-11)18(17)14-6-4-3-5-13(14)15/h3-6,11-12,16H,2,7-10H2,1H3. The Hall–Kier alpha value is -0.740. The Balaban J connectivity index is 1.97. The lowest BCUT2D eigenvalue weighted by atomic mass is 10.2. The lowest BCUT2D eigenvalue weighted by molar-refractivity contribution is 0.523. The van der Waals surface area contributed by atoms with Gasteiger partial charge in [0.1, 0.15) is 5.82 Å². The van der Waals surface area contributed by atoms with Crippen LogP contribution < -0.4 is 5.32 Å². The van der Waals surface area contributed by atoms with Crippen LogP contribution in [-0.4, -0.2) is 22.0 Å². The Morgan fingerprint density at radius 2 is 2.17 bits per heavy atom. The van der Waals surface area contributed by atoms with E-state index in [-0.39, 0.29) is 11.1 Å². The minimum atomic E-state index is -1.21. The van der Waals surface area contributed by atoms with E-state index in [4.69, 9.17) is 0 Å². The van der Waals surface area contributed by atoms with Gasteiger partial charge < -0.3 is 5.32 Å². The smallest absolute Gasteiger partial charge is 0.139 e. The van der Waals surface area contributed by atoms with Crippen molar-refractivity contribution in [3.8, 4) is 0 Å². The minimum Gasteiger partial charge on any atom is -0.314 e. The van der Waals surface area contributed by atoms with Crippen LogP contribution in [0.2, 0.25) is 0 Å². The summed E-state index contributed by atoms with van der Waals surface area (Å²) in [6.07, 6.45) is 3.96. The molecule has 18 heavy (non-hydrogen) atoms. The molecular formula is C14H20FNOS. The van der Waals surface area contributed by atoms with Crippen LogP contribution in [0.3, 0.4) is 0 Å². The number of halogens is 1. The highest BCUT2D eigenvalue weighted by atomic mass is 32.2. The van der Waals surface area contributed by atoms with Crippen molar-refractivity contribution in [2.75, 3.05) is 6.54 Å². The molecule has 100 valence electrons. The van der Waals surface area contributed by atoms with Crippen LogP contribution in [0.5, 0.6) is 0 Å². The third-order valence-corrected chi connectivity index (χ3v) is 5.22. The zero-order valence-electron chi connectivity index (χ0n) is 10.7. The van der Waals surface area contributed by atoms with Gasteiger partial charge in [-0.2, -0.15) is 0 Å². The van der Waals surface area contributed by atoms with Crippen molar-refractivity contribution >= 4 is 10.8 Å². The van der Waals surface area contributed by atoms with Crippen molar-refractivity contribution in [1.82, 2.24) is 5.32 Å². The maximum atomic E-state index is 13.6. The van der Waals surface area contributed by atoms with Crippen LogP contribution in [0, 0.1) is 5.82 Å². The second-order valence-corrected chi connectivity index (χ2v) is 6.52. The van der Waals surface area contributed by atoms with Crippen LogP contribution >= 0.6 is 0 Å². The summed E-state index contributed by atoms with van der Waals surface area (Å²) in [5, 5.41) is 3.55. The lowest BCUT2D eigenvalue weighted by Crippen LogP contribution is -2.28. The highest BCUT2D eigenvalue weighted by molar-refractivity contribution is 7.85. The first kappa shape index (κ1) is 13.7. The Kier molecular flexibility index (Phi) is 4.89. The van der Waals surface area contributed by atoms with Gasteiger partial charge in [-0.3, -0.25) is 4.21 Å². The molecule has 0 amide bonds. The molecule has 1 aromatic rings. The summed E-state index contributed by atoms with van der Waals surface area (Å²) in [6.45, 7) is 3.14. The zero-order chi connectivity index (χ0) is 13.0. The first-order chi connectivity index (χ1) is 8.72. The van der Waals surface area contributed by atoms with E-state index in [1.165, 1.54) is 6.07 Å². The summed E-state index contributed by atoms with van der Waals surface area (Å²) in [4.78, 5) is 0.360. The van der Waals surface area contributed by atoms with Gasteiger partial charge >= 0.3 is 0 Å². The van der Waals surface area contributed by atoms with Crippen LogP contribution in [0.15, 0.2) is 29.2 Å². The van der Waals surface area contributed by atoms with Crippen molar-refractivity contribution in [3.63, 3.8) is 0 Å². The number of nitrogens with one attached hydrogen (secondary N) is 1. The third kappa shape index (κ3) is 3.18. The second-order valence-electron chi connectivity index (χ2n) is 4.81. The number of hydrogen-bond donors (Lipinski definition) is 1. The van der Waals surface area contributed by atoms with Gasteiger partial charge in [0.25, 0.3) is 0 Å². The molecule has 3 atom stereocenters. The van der Waals surface area contributed by atoms with Crippen LogP contribution in [-0.2, 0) is 10.8 Å². The fourth-order valence-electron chi connectivity index (χ4n) is 2.46. The molecule has 1 N–H and O–H groups in total. The Labute approximate surface area is 110 Å². The maximum Gasteiger partial charge on any atom is 0.139 e. The molecule has 2 nitrogen and oxygen atoms in total. The number of rotatable bonds is 5. The fraction of sp³-hybridized carbons (Fsp3) is 0.571. The van der Waals surface area contributed by atoms with Crippen molar-refractivity contribution < 1.29 is 8.60 Å². The molecule has 0 heterocycles. The summed E-state index contributed by atoms with van der Waals surface area (Å²) in [5.74, 6) is -0.346. The predicted molar refractivity (Wildman–Crippen MR) is 72.5 cm³/mol. The average molecular weight is 269 g/mol. The third-order valence-electron chi connectivity index (χ3n) is 3.42. The normalized spacial score (nSPS) is 25.2. The van der Waals surface area contributed by atoms with E-state index < -0.39 is 10.8 Å². The van der Waals surface area contributed by atoms with Gasteiger partial charge in [-0.25, -0.2) is 4.39 Å². The van der Waals surface area contributed by atoms with E-state index in [1.54, 1.807) is 18.2 Å². The highest BCUT2D eigenvalue weighted by Crippen LogP contribution is 2.28. The van der Waals surface area contributed by atoms with Crippen molar-refractivity contribution in [3.05, 3.63) is 30.1 Å². The van der Waals surface area contributed by atoms with Crippen molar-refractivity contribution in [1.29, 1.82) is 0 Å². The molecule has 1 fully saturated rings. The first-order valence-electron chi connectivity index (χ1n) is 6.61. The van der Waals surface area contributed by atoms with Crippen LogP contribution in [0.4, 0.5) is 4.39 Å². The summed E-state index contributed by atoms with van der Waals surface area (Å²) < 4.78 is 25.9. The molecule has 0 aromatic heterocycles. The first-order valence-corrected chi connectivity index (χ1v) is 7.82. The molecule has 2 rings (SSSR count). The Bertz CT molecular complexity index is 424. The second kappa shape index (κ2) is 6.43. The van der Waals surface area contributed by atoms with Gasteiger partial charge in [0.15, 0.2) is 0 Å². The highest BCUT2D eigenvalue weighted by Gasteiger charge is 2.30. The van der Waals surface area contributed by atoms with Gasteiger partial charge in [0, 0.05) is 11.3 Å². The lowest BCUT2D eigenvalue weighted by Gasteiger charge is -2.13. The number of benzene rings is 1. The molecule has 1 aliphatic carbocycles. The van der Waals surface area contributed by atoms with Gasteiger partial charge in [-0.05, 0) is 44.4 Å². The molecule has 0 radical (unpaired) electrons. The molecule has 0 bridgehead atoms. The Morgan fingerprint density at radius 3 is 2.89 bits per heavy atom. The topological polar surface area (TPSA) is 29.1 Å². The van der Waals surface area contributed by atoms with E-state index in [1.807, 2.05) is 0 Å². The van der Waals surface area contributed by atoms with E-state index in [0.717, 1.165) is 32.2 Å². The van der Waals surface area contributed by atoms with E-state index >= 15 is 0 Å². The molecular weight excluding hydrogens is 249 g/mol. The molecule has 0 saturated heterocycles. The van der Waals surface area contributed by atoms with Gasteiger partial charge in [0.2, 0.25) is 0 Å². The zero-order valence-corrected chi connectivity index (χ0v) is 11.5. The molecule has 1 aliphatic rings. The van der Waals surface area contributed by atoms with Gasteiger partial charge in [-0.15, -0.1) is 0 Å².